The number of likely N-dealkylation sites (tertiary alicyclic amines) is 1. The van der Waals surface area contributed by atoms with Crippen LogP contribution in [-0.4, -0.2) is 42.4 Å². The Morgan fingerprint density at radius 1 is 1.30 bits per heavy atom. The number of carbonyl (C=O) groups is 3. The molecule has 1 saturated heterocycles. The third kappa shape index (κ3) is 4.41. The molecule has 0 atom stereocenters. The number of primary amides is 1. The summed E-state index contributed by atoms with van der Waals surface area (Å²) in [4.78, 5) is 36.4. The van der Waals surface area contributed by atoms with Crippen LogP contribution in [0.2, 0.25) is 5.02 Å². The zero-order chi connectivity index (χ0) is 17.0. The highest BCUT2D eigenvalue weighted by molar-refractivity contribution is 6.33. The molecule has 1 fully saturated rings. The molecule has 0 aromatic heterocycles. The summed E-state index contributed by atoms with van der Waals surface area (Å²) in [7, 11) is 0. The maximum Gasteiger partial charge on any atom is 0.340 e. The Hall–Kier alpha value is -2.15. The van der Waals surface area contributed by atoms with Crippen molar-refractivity contribution in [2.24, 2.45) is 11.7 Å². The molecule has 2 N–H and O–H groups in total. The first-order valence-corrected chi connectivity index (χ1v) is 7.45. The Morgan fingerprint density at radius 3 is 2.52 bits per heavy atom. The number of hydrogen-bond donors (Lipinski definition) is 1. The molecule has 6 nitrogen and oxygen atoms in total. The van der Waals surface area contributed by atoms with Gasteiger partial charge in [-0.1, -0.05) is 11.6 Å². The third-order valence-electron chi connectivity index (χ3n) is 3.73. The Kier molecular flexibility index (Phi) is 5.54. The first-order chi connectivity index (χ1) is 10.9. The molecule has 23 heavy (non-hydrogen) atoms. The topological polar surface area (TPSA) is 89.7 Å². The molecule has 124 valence electrons. The lowest BCUT2D eigenvalue weighted by molar-refractivity contribution is -0.137. The van der Waals surface area contributed by atoms with E-state index in [0.29, 0.717) is 25.9 Å². The number of halogens is 2. The maximum absolute atomic E-state index is 12.9. The number of rotatable bonds is 4. The lowest BCUT2D eigenvalue weighted by Gasteiger charge is -2.30. The summed E-state index contributed by atoms with van der Waals surface area (Å²) in [5.41, 5.74) is 5.22. The van der Waals surface area contributed by atoms with Gasteiger partial charge in [0.1, 0.15) is 5.82 Å². The lowest BCUT2D eigenvalue weighted by atomic mass is 9.96. The molecule has 2 rings (SSSR count). The van der Waals surface area contributed by atoms with E-state index in [2.05, 4.69) is 0 Å². The minimum Gasteiger partial charge on any atom is -0.452 e. The molecular weight excluding hydrogens is 327 g/mol. The first kappa shape index (κ1) is 17.2. The van der Waals surface area contributed by atoms with Crippen LogP contribution in [0.5, 0.6) is 0 Å². The zero-order valence-electron chi connectivity index (χ0n) is 12.3. The fraction of sp³-hybridized carbons (Fsp3) is 0.400. The quantitative estimate of drug-likeness (QED) is 0.837. The molecule has 0 bridgehead atoms. The van der Waals surface area contributed by atoms with Crippen LogP contribution in [-0.2, 0) is 14.3 Å². The van der Waals surface area contributed by atoms with E-state index < -0.39 is 18.4 Å². The molecule has 0 aliphatic carbocycles. The summed E-state index contributed by atoms with van der Waals surface area (Å²) in [6.45, 7) is 0.344. The van der Waals surface area contributed by atoms with Gasteiger partial charge in [-0.05, 0) is 31.0 Å². The molecule has 0 spiro atoms. The fourth-order valence-corrected chi connectivity index (χ4v) is 2.61. The first-order valence-electron chi connectivity index (χ1n) is 7.07. The van der Waals surface area contributed by atoms with Gasteiger partial charge in [0, 0.05) is 19.0 Å². The molecule has 1 aliphatic rings. The second-order valence-electron chi connectivity index (χ2n) is 5.26. The maximum atomic E-state index is 12.9. The molecule has 1 heterocycles. The van der Waals surface area contributed by atoms with E-state index in [1.54, 1.807) is 0 Å². The van der Waals surface area contributed by atoms with Gasteiger partial charge in [-0.25, -0.2) is 9.18 Å². The van der Waals surface area contributed by atoms with E-state index in [4.69, 9.17) is 22.1 Å². The number of benzene rings is 1. The third-order valence-corrected chi connectivity index (χ3v) is 4.04. The monoisotopic (exact) mass is 342 g/mol. The number of piperidine rings is 1. The van der Waals surface area contributed by atoms with Crippen LogP contribution in [0, 0.1) is 11.7 Å². The van der Waals surface area contributed by atoms with Crippen molar-refractivity contribution in [3.05, 3.63) is 34.6 Å². The van der Waals surface area contributed by atoms with Gasteiger partial charge in [-0.2, -0.15) is 0 Å². The Labute approximate surface area is 137 Å². The summed E-state index contributed by atoms with van der Waals surface area (Å²) in [5.74, 6) is -2.32. The standard InChI is InChI=1S/C15H16ClFN2O4/c16-12-7-10(17)1-2-11(12)15(22)23-8-13(20)19-5-3-9(4-6-19)14(18)21/h1-2,7,9H,3-6,8H2,(H2,18,21). The molecule has 2 amide bonds. The van der Waals surface area contributed by atoms with Gasteiger partial charge in [0.05, 0.1) is 10.6 Å². The minimum atomic E-state index is -0.796. The van der Waals surface area contributed by atoms with Crippen molar-refractivity contribution in [1.82, 2.24) is 4.90 Å². The van der Waals surface area contributed by atoms with Gasteiger partial charge in [0.15, 0.2) is 6.61 Å². The summed E-state index contributed by atoms with van der Waals surface area (Å²) in [6.07, 6.45) is 0.998. The smallest absolute Gasteiger partial charge is 0.340 e. The summed E-state index contributed by atoms with van der Waals surface area (Å²) < 4.78 is 17.8. The second kappa shape index (κ2) is 7.41. The molecule has 8 heteroatoms. The predicted octanol–water partition coefficient (Wildman–Crippen LogP) is 1.36. The SMILES string of the molecule is NC(=O)C1CCN(C(=O)COC(=O)c2ccc(F)cc2Cl)CC1. The number of esters is 1. The molecule has 1 aromatic carbocycles. The van der Waals surface area contributed by atoms with Crippen LogP contribution >= 0.6 is 11.6 Å². The summed E-state index contributed by atoms with van der Waals surface area (Å²) in [5, 5.41) is -0.0790. The average Bonchev–Trinajstić information content (AvgIpc) is 2.52. The van der Waals surface area contributed by atoms with Crippen LogP contribution < -0.4 is 5.73 Å². The van der Waals surface area contributed by atoms with Crippen molar-refractivity contribution in [2.45, 2.75) is 12.8 Å². The van der Waals surface area contributed by atoms with Gasteiger partial charge in [0.2, 0.25) is 5.91 Å². The number of ether oxygens (including phenoxy) is 1. The van der Waals surface area contributed by atoms with Crippen molar-refractivity contribution in [3.63, 3.8) is 0 Å². The molecule has 1 aromatic rings. The number of hydrogen-bond acceptors (Lipinski definition) is 4. The van der Waals surface area contributed by atoms with Crippen molar-refractivity contribution in [1.29, 1.82) is 0 Å². The molecule has 1 aliphatic heterocycles. The van der Waals surface area contributed by atoms with Crippen LogP contribution in [0.15, 0.2) is 18.2 Å². The number of carbonyl (C=O) groups excluding carboxylic acids is 3. The molecule has 0 radical (unpaired) electrons. The molecule has 0 unspecified atom stereocenters. The molecule has 0 saturated carbocycles. The van der Waals surface area contributed by atoms with Gasteiger partial charge in [-0.3, -0.25) is 9.59 Å². The van der Waals surface area contributed by atoms with Crippen molar-refractivity contribution in [3.8, 4) is 0 Å². The normalized spacial score (nSPS) is 15.3. The predicted molar refractivity (Wildman–Crippen MR) is 80.2 cm³/mol. The minimum absolute atomic E-state index is 0.00620. The highest BCUT2D eigenvalue weighted by Gasteiger charge is 2.26. The second-order valence-corrected chi connectivity index (χ2v) is 5.66. The summed E-state index contributed by atoms with van der Waals surface area (Å²) >= 11 is 5.75. The highest BCUT2D eigenvalue weighted by Crippen LogP contribution is 2.19. The Balaban J connectivity index is 1.85. The van der Waals surface area contributed by atoms with Crippen LogP contribution in [0.4, 0.5) is 4.39 Å². The Bertz CT molecular complexity index is 630. The van der Waals surface area contributed by atoms with E-state index in [9.17, 15) is 18.8 Å². The van der Waals surface area contributed by atoms with Crippen LogP contribution in [0.3, 0.4) is 0 Å². The van der Waals surface area contributed by atoms with Gasteiger partial charge < -0.3 is 15.4 Å². The van der Waals surface area contributed by atoms with E-state index >= 15 is 0 Å². The van der Waals surface area contributed by atoms with Gasteiger partial charge >= 0.3 is 5.97 Å². The van der Waals surface area contributed by atoms with Gasteiger partial charge in [0.25, 0.3) is 5.91 Å². The number of nitrogens with zero attached hydrogens (tertiary/aromatic N) is 1. The average molecular weight is 343 g/mol. The van der Waals surface area contributed by atoms with E-state index in [1.165, 1.54) is 11.0 Å². The lowest BCUT2D eigenvalue weighted by Crippen LogP contribution is -2.43. The Morgan fingerprint density at radius 2 is 1.96 bits per heavy atom. The van der Waals surface area contributed by atoms with Crippen molar-refractivity contribution < 1.29 is 23.5 Å². The van der Waals surface area contributed by atoms with Crippen molar-refractivity contribution >= 4 is 29.4 Å². The number of nitrogens with two attached hydrogens (primary N) is 1. The van der Waals surface area contributed by atoms with E-state index in [-0.39, 0.29) is 28.3 Å². The zero-order valence-corrected chi connectivity index (χ0v) is 13.0. The molecular formula is C15H16ClFN2O4. The highest BCUT2D eigenvalue weighted by atomic mass is 35.5. The van der Waals surface area contributed by atoms with E-state index in [1.807, 2.05) is 0 Å². The van der Waals surface area contributed by atoms with Crippen molar-refractivity contribution in [2.75, 3.05) is 19.7 Å². The van der Waals surface area contributed by atoms with E-state index in [0.717, 1.165) is 12.1 Å². The van der Waals surface area contributed by atoms with Crippen LogP contribution in [0.25, 0.3) is 0 Å². The number of amides is 2. The largest absolute Gasteiger partial charge is 0.452 e. The fourth-order valence-electron chi connectivity index (χ4n) is 2.36. The van der Waals surface area contributed by atoms with Gasteiger partial charge in [-0.15, -0.1) is 0 Å². The van der Waals surface area contributed by atoms with Crippen LogP contribution in [0.1, 0.15) is 23.2 Å². The summed E-state index contributed by atoms with van der Waals surface area (Å²) in [6, 6.07) is 3.27.